The standard InChI is InChI=1S/C25H26N2O2/c1-18(2)21-11-4-7-14-24(21)29-16-15-27-23-13-6-5-12-22(23)26-25(27)19-9-8-10-20(17-19)28-3/h4-14,17-18H,15-16H2,1-3H3. The number of hydrogen-bond donors (Lipinski definition) is 0. The molecule has 0 amide bonds. The third-order valence-electron chi connectivity index (χ3n) is 5.10. The molecule has 0 spiro atoms. The molecule has 4 nitrogen and oxygen atoms in total. The van der Waals surface area contributed by atoms with Gasteiger partial charge < -0.3 is 14.0 Å². The molecule has 0 unspecified atom stereocenters. The molecule has 4 rings (SSSR count). The second kappa shape index (κ2) is 8.39. The number of benzene rings is 3. The van der Waals surface area contributed by atoms with Crippen LogP contribution in [0.25, 0.3) is 22.4 Å². The molecule has 0 aliphatic carbocycles. The van der Waals surface area contributed by atoms with Gasteiger partial charge in [-0.2, -0.15) is 0 Å². The van der Waals surface area contributed by atoms with Gasteiger partial charge in [0.2, 0.25) is 0 Å². The van der Waals surface area contributed by atoms with Crippen molar-refractivity contribution in [2.75, 3.05) is 13.7 Å². The first kappa shape index (κ1) is 19.1. The van der Waals surface area contributed by atoms with Crippen molar-refractivity contribution in [3.8, 4) is 22.9 Å². The minimum atomic E-state index is 0.424. The highest BCUT2D eigenvalue weighted by atomic mass is 16.5. The van der Waals surface area contributed by atoms with Gasteiger partial charge in [0, 0.05) is 5.56 Å². The number of imidazole rings is 1. The van der Waals surface area contributed by atoms with E-state index in [-0.39, 0.29) is 0 Å². The fourth-order valence-electron chi connectivity index (χ4n) is 3.62. The first-order valence-corrected chi connectivity index (χ1v) is 9.99. The number of hydrogen-bond acceptors (Lipinski definition) is 3. The van der Waals surface area contributed by atoms with Gasteiger partial charge in [0.15, 0.2) is 0 Å². The van der Waals surface area contributed by atoms with Crippen LogP contribution >= 0.6 is 0 Å². The zero-order valence-corrected chi connectivity index (χ0v) is 17.1. The molecule has 0 fully saturated rings. The molecule has 0 saturated heterocycles. The summed E-state index contributed by atoms with van der Waals surface area (Å²) in [6, 6.07) is 24.5. The van der Waals surface area contributed by atoms with Crippen LogP contribution in [0.4, 0.5) is 0 Å². The summed E-state index contributed by atoms with van der Waals surface area (Å²) in [5.41, 5.74) is 4.35. The van der Waals surface area contributed by atoms with E-state index < -0.39 is 0 Å². The van der Waals surface area contributed by atoms with Crippen LogP contribution in [0.1, 0.15) is 25.3 Å². The van der Waals surface area contributed by atoms with Crippen molar-refractivity contribution >= 4 is 11.0 Å². The lowest BCUT2D eigenvalue weighted by atomic mass is 10.0. The Hall–Kier alpha value is -3.27. The summed E-state index contributed by atoms with van der Waals surface area (Å²) in [5.74, 6) is 3.12. The molecule has 1 aromatic heterocycles. The van der Waals surface area contributed by atoms with Crippen LogP contribution in [-0.4, -0.2) is 23.3 Å². The number of rotatable bonds is 7. The normalized spacial score (nSPS) is 11.2. The number of aromatic nitrogens is 2. The Balaban J connectivity index is 1.65. The van der Waals surface area contributed by atoms with Crippen LogP contribution in [-0.2, 0) is 6.54 Å². The zero-order valence-electron chi connectivity index (χ0n) is 17.1. The summed E-state index contributed by atoms with van der Waals surface area (Å²) < 4.78 is 13.8. The molecule has 4 aromatic rings. The number of fused-ring (bicyclic) bond motifs is 1. The fraction of sp³-hybridized carbons (Fsp3) is 0.240. The minimum Gasteiger partial charge on any atom is -0.497 e. The fourth-order valence-corrected chi connectivity index (χ4v) is 3.62. The average Bonchev–Trinajstić information content (AvgIpc) is 3.13. The quantitative estimate of drug-likeness (QED) is 0.396. The molecule has 0 bridgehead atoms. The molecule has 0 aliphatic heterocycles. The smallest absolute Gasteiger partial charge is 0.141 e. The second-order valence-corrected chi connectivity index (χ2v) is 7.35. The van der Waals surface area contributed by atoms with E-state index in [0.29, 0.717) is 19.1 Å². The van der Waals surface area contributed by atoms with E-state index in [0.717, 1.165) is 33.9 Å². The Kier molecular flexibility index (Phi) is 5.52. The summed E-state index contributed by atoms with van der Waals surface area (Å²) in [4.78, 5) is 4.88. The predicted octanol–water partition coefficient (Wildman–Crippen LogP) is 5.91. The molecule has 0 aliphatic rings. The third kappa shape index (κ3) is 3.97. The molecule has 4 heteroatoms. The first-order chi connectivity index (χ1) is 14.2. The lowest BCUT2D eigenvalue weighted by molar-refractivity contribution is 0.297. The molecule has 0 atom stereocenters. The van der Waals surface area contributed by atoms with Crippen LogP contribution in [0.5, 0.6) is 11.5 Å². The van der Waals surface area contributed by atoms with Crippen LogP contribution in [0, 0.1) is 0 Å². The summed E-state index contributed by atoms with van der Waals surface area (Å²) in [6.45, 7) is 5.65. The largest absolute Gasteiger partial charge is 0.497 e. The van der Waals surface area contributed by atoms with Gasteiger partial charge in [-0.3, -0.25) is 0 Å². The molecule has 0 N–H and O–H groups in total. The van der Waals surface area contributed by atoms with E-state index in [9.17, 15) is 0 Å². The Morgan fingerprint density at radius 2 is 1.72 bits per heavy atom. The maximum absolute atomic E-state index is 6.18. The topological polar surface area (TPSA) is 36.3 Å². The van der Waals surface area contributed by atoms with Gasteiger partial charge in [0.05, 0.1) is 24.7 Å². The van der Waals surface area contributed by atoms with E-state index >= 15 is 0 Å². The van der Waals surface area contributed by atoms with Gasteiger partial charge in [-0.05, 0) is 41.8 Å². The van der Waals surface area contributed by atoms with E-state index in [4.69, 9.17) is 14.5 Å². The van der Waals surface area contributed by atoms with Gasteiger partial charge >= 0.3 is 0 Å². The Labute approximate surface area is 171 Å². The maximum atomic E-state index is 6.18. The molecule has 29 heavy (non-hydrogen) atoms. The summed E-state index contributed by atoms with van der Waals surface area (Å²) in [6.07, 6.45) is 0. The third-order valence-corrected chi connectivity index (χ3v) is 5.10. The summed E-state index contributed by atoms with van der Waals surface area (Å²) in [7, 11) is 1.68. The van der Waals surface area contributed by atoms with E-state index in [1.54, 1.807) is 7.11 Å². The summed E-state index contributed by atoms with van der Waals surface area (Å²) in [5, 5.41) is 0. The highest BCUT2D eigenvalue weighted by Gasteiger charge is 2.14. The minimum absolute atomic E-state index is 0.424. The highest BCUT2D eigenvalue weighted by molar-refractivity contribution is 5.80. The zero-order chi connectivity index (χ0) is 20.2. The van der Waals surface area contributed by atoms with E-state index in [2.05, 4.69) is 42.7 Å². The van der Waals surface area contributed by atoms with Gasteiger partial charge in [-0.25, -0.2) is 4.98 Å². The van der Waals surface area contributed by atoms with Crippen molar-refractivity contribution in [2.45, 2.75) is 26.3 Å². The molecule has 148 valence electrons. The number of ether oxygens (including phenoxy) is 2. The van der Waals surface area contributed by atoms with Crippen molar-refractivity contribution in [3.63, 3.8) is 0 Å². The van der Waals surface area contributed by atoms with Crippen molar-refractivity contribution in [2.24, 2.45) is 0 Å². The first-order valence-electron chi connectivity index (χ1n) is 9.99. The molecule has 0 radical (unpaired) electrons. The number of para-hydroxylation sites is 3. The predicted molar refractivity (Wildman–Crippen MR) is 118 cm³/mol. The van der Waals surface area contributed by atoms with Crippen LogP contribution < -0.4 is 9.47 Å². The van der Waals surface area contributed by atoms with Gasteiger partial charge in [0.25, 0.3) is 0 Å². The molecular weight excluding hydrogens is 360 g/mol. The summed E-state index contributed by atoms with van der Waals surface area (Å²) >= 11 is 0. The van der Waals surface area contributed by atoms with Crippen LogP contribution in [0.3, 0.4) is 0 Å². The Morgan fingerprint density at radius 3 is 2.55 bits per heavy atom. The Morgan fingerprint density at radius 1 is 0.931 bits per heavy atom. The second-order valence-electron chi connectivity index (χ2n) is 7.35. The van der Waals surface area contributed by atoms with Crippen molar-refractivity contribution in [3.05, 3.63) is 78.4 Å². The lowest BCUT2D eigenvalue weighted by Gasteiger charge is -2.15. The molecule has 1 heterocycles. The monoisotopic (exact) mass is 386 g/mol. The number of nitrogens with zero attached hydrogens (tertiary/aromatic N) is 2. The van der Waals surface area contributed by atoms with Crippen molar-refractivity contribution in [1.82, 2.24) is 9.55 Å². The van der Waals surface area contributed by atoms with E-state index in [1.165, 1.54) is 5.56 Å². The van der Waals surface area contributed by atoms with Gasteiger partial charge in [-0.15, -0.1) is 0 Å². The van der Waals surface area contributed by atoms with Crippen LogP contribution in [0.2, 0.25) is 0 Å². The maximum Gasteiger partial charge on any atom is 0.141 e. The van der Waals surface area contributed by atoms with E-state index in [1.807, 2.05) is 48.5 Å². The highest BCUT2D eigenvalue weighted by Crippen LogP contribution is 2.28. The average molecular weight is 386 g/mol. The van der Waals surface area contributed by atoms with Crippen LogP contribution in [0.15, 0.2) is 72.8 Å². The SMILES string of the molecule is COc1cccc(-c2nc3ccccc3n2CCOc2ccccc2C(C)C)c1. The van der Waals surface area contributed by atoms with Gasteiger partial charge in [-0.1, -0.05) is 56.3 Å². The number of methoxy groups -OCH3 is 1. The van der Waals surface area contributed by atoms with Gasteiger partial charge in [0.1, 0.15) is 23.9 Å². The Bertz CT molecular complexity index is 1110. The molecule has 3 aromatic carbocycles. The van der Waals surface area contributed by atoms with Crippen molar-refractivity contribution in [1.29, 1.82) is 0 Å². The molecular formula is C25H26N2O2. The lowest BCUT2D eigenvalue weighted by Crippen LogP contribution is -2.10. The van der Waals surface area contributed by atoms with Crippen molar-refractivity contribution < 1.29 is 9.47 Å². The molecule has 0 saturated carbocycles.